The van der Waals surface area contributed by atoms with E-state index in [4.69, 9.17) is 10.7 Å². The van der Waals surface area contributed by atoms with E-state index in [1.807, 2.05) is 0 Å². The maximum Gasteiger partial charge on any atom is 0.261 e. The number of benzene rings is 1. The molecular weight excluding hydrogens is 270 g/mol. The third-order valence-electron chi connectivity index (χ3n) is 1.17. The van der Waals surface area contributed by atoms with Gasteiger partial charge in [0.05, 0.1) is 9.37 Å². The molecule has 0 aliphatic carbocycles. The van der Waals surface area contributed by atoms with E-state index in [0.717, 1.165) is 18.2 Å². The van der Waals surface area contributed by atoms with Crippen LogP contribution in [0.15, 0.2) is 27.6 Å². The predicted octanol–water partition coefficient (Wildman–Crippen LogP) is 2.52. The monoisotopic (exact) mass is 272 g/mol. The zero-order valence-corrected chi connectivity index (χ0v) is 8.75. The zero-order valence-electron chi connectivity index (χ0n) is 5.59. The molecule has 1 rings (SSSR count). The minimum absolute atomic E-state index is 0.0734. The van der Waals surface area contributed by atoms with Gasteiger partial charge in [-0.2, -0.15) is 0 Å². The fourth-order valence-corrected chi connectivity index (χ4v) is 1.94. The van der Waals surface area contributed by atoms with Gasteiger partial charge in [-0.1, -0.05) is 0 Å². The van der Waals surface area contributed by atoms with Crippen molar-refractivity contribution in [2.75, 3.05) is 0 Å². The van der Waals surface area contributed by atoms with Crippen LogP contribution in [0.1, 0.15) is 0 Å². The van der Waals surface area contributed by atoms with Crippen molar-refractivity contribution in [2.24, 2.45) is 0 Å². The van der Waals surface area contributed by atoms with Gasteiger partial charge in [-0.3, -0.25) is 0 Å². The van der Waals surface area contributed by atoms with Crippen LogP contribution < -0.4 is 0 Å². The molecule has 0 atom stereocenters. The SMILES string of the molecule is O=S(=O)(Cl)c1ccc(F)c(Br)c1. The molecule has 0 aromatic heterocycles. The van der Waals surface area contributed by atoms with E-state index in [1.54, 1.807) is 0 Å². The third-order valence-corrected chi connectivity index (χ3v) is 3.13. The molecule has 0 fully saturated rings. The van der Waals surface area contributed by atoms with Gasteiger partial charge in [0.2, 0.25) is 0 Å². The molecule has 0 spiro atoms. The lowest BCUT2D eigenvalue weighted by Gasteiger charge is -1.97. The summed E-state index contributed by atoms with van der Waals surface area (Å²) >= 11 is 2.84. The topological polar surface area (TPSA) is 34.1 Å². The molecule has 2 nitrogen and oxygen atoms in total. The fourth-order valence-electron chi connectivity index (χ4n) is 0.629. The molecule has 0 saturated heterocycles. The summed E-state index contributed by atoms with van der Waals surface area (Å²) in [5.41, 5.74) is 0. The van der Waals surface area contributed by atoms with E-state index in [2.05, 4.69) is 15.9 Å². The molecule has 0 heterocycles. The van der Waals surface area contributed by atoms with Crippen molar-refractivity contribution in [1.82, 2.24) is 0 Å². The summed E-state index contributed by atoms with van der Waals surface area (Å²) in [6.07, 6.45) is 0. The lowest BCUT2D eigenvalue weighted by molar-refractivity contribution is 0.606. The summed E-state index contributed by atoms with van der Waals surface area (Å²) in [7, 11) is 1.25. The first-order valence-electron chi connectivity index (χ1n) is 2.81. The Morgan fingerprint density at radius 2 is 2.00 bits per heavy atom. The van der Waals surface area contributed by atoms with Crippen LogP contribution in [0.4, 0.5) is 4.39 Å². The molecule has 12 heavy (non-hydrogen) atoms. The zero-order chi connectivity index (χ0) is 9.35. The highest BCUT2D eigenvalue weighted by molar-refractivity contribution is 9.10. The molecule has 0 bridgehead atoms. The van der Waals surface area contributed by atoms with E-state index in [9.17, 15) is 12.8 Å². The summed E-state index contributed by atoms with van der Waals surface area (Å²) in [5.74, 6) is -0.529. The van der Waals surface area contributed by atoms with Crippen molar-refractivity contribution >= 4 is 35.7 Å². The van der Waals surface area contributed by atoms with Crippen molar-refractivity contribution in [1.29, 1.82) is 0 Å². The van der Waals surface area contributed by atoms with Crippen LogP contribution in [-0.4, -0.2) is 8.42 Å². The normalized spacial score (nSPS) is 11.6. The van der Waals surface area contributed by atoms with Gasteiger partial charge in [0.25, 0.3) is 9.05 Å². The first-order chi connectivity index (χ1) is 5.41. The standard InChI is InChI=1S/C6H3BrClFO2S/c7-5-3-4(12(8,10)11)1-2-6(5)9/h1-3H. The molecule has 0 saturated carbocycles. The van der Waals surface area contributed by atoms with Crippen molar-refractivity contribution in [3.05, 3.63) is 28.5 Å². The molecule has 1 aromatic rings. The van der Waals surface area contributed by atoms with E-state index in [1.165, 1.54) is 0 Å². The molecule has 6 heteroatoms. The summed E-state index contributed by atoms with van der Waals surface area (Å²) in [6.45, 7) is 0. The first-order valence-corrected chi connectivity index (χ1v) is 5.91. The van der Waals surface area contributed by atoms with Crippen LogP contribution in [0.2, 0.25) is 0 Å². The van der Waals surface area contributed by atoms with Crippen LogP contribution in [-0.2, 0) is 9.05 Å². The van der Waals surface area contributed by atoms with Crippen LogP contribution in [0.5, 0.6) is 0 Å². The Morgan fingerprint density at radius 1 is 1.42 bits per heavy atom. The second-order valence-electron chi connectivity index (χ2n) is 2.01. The van der Waals surface area contributed by atoms with Gasteiger partial charge in [-0.05, 0) is 34.1 Å². The molecule has 0 radical (unpaired) electrons. The second-order valence-corrected chi connectivity index (χ2v) is 5.43. The summed E-state index contributed by atoms with van der Waals surface area (Å²) in [4.78, 5) is -0.127. The Balaban J connectivity index is 3.33. The van der Waals surface area contributed by atoms with Crippen LogP contribution in [0.25, 0.3) is 0 Å². The van der Waals surface area contributed by atoms with E-state index in [0.29, 0.717) is 0 Å². The Kier molecular flexibility index (Phi) is 2.75. The van der Waals surface area contributed by atoms with Gasteiger partial charge >= 0.3 is 0 Å². The minimum Gasteiger partial charge on any atom is -0.207 e. The van der Waals surface area contributed by atoms with Gasteiger partial charge < -0.3 is 0 Å². The van der Waals surface area contributed by atoms with Gasteiger partial charge in [-0.25, -0.2) is 12.8 Å². The van der Waals surface area contributed by atoms with Gasteiger partial charge in [0, 0.05) is 10.7 Å². The van der Waals surface area contributed by atoms with E-state index < -0.39 is 14.9 Å². The van der Waals surface area contributed by atoms with Gasteiger partial charge in [0.15, 0.2) is 0 Å². The first kappa shape index (κ1) is 9.95. The maximum atomic E-state index is 12.6. The largest absolute Gasteiger partial charge is 0.261 e. The lowest BCUT2D eigenvalue weighted by atomic mass is 10.3. The molecule has 1 aromatic carbocycles. The Morgan fingerprint density at radius 3 is 2.42 bits per heavy atom. The number of hydrogen-bond donors (Lipinski definition) is 0. The third kappa shape index (κ3) is 2.18. The number of hydrogen-bond acceptors (Lipinski definition) is 2. The van der Waals surface area contributed by atoms with Crippen molar-refractivity contribution in [3.8, 4) is 0 Å². The number of rotatable bonds is 1. The van der Waals surface area contributed by atoms with Crippen LogP contribution >= 0.6 is 26.6 Å². The Labute approximate surface area is 81.9 Å². The molecular formula is C6H3BrClFO2S. The van der Waals surface area contributed by atoms with Gasteiger partial charge in [-0.15, -0.1) is 0 Å². The Hall–Kier alpha value is -0.130. The molecule has 0 N–H and O–H groups in total. The molecule has 66 valence electrons. The van der Waals surface area contributed by atoms with Crippen molar-refractivity contribution in [3.63, 3.8) is 0 Å². The Bertz CT molecular complexity index is 404. The minimum atomic E-state index is -3.77. The van der Waals surface area contributed by atoms with Crippen LogP contribution in [0, 0.1) is 5.82 Å². The highest BCUT2D eigenvalue weighted by atomic mass is 79.9. The van der Waals surface area contributed by atoms with Crippen molar-refractivity contribution < 1.29 is 12.8 Å². The molecule has 0 aliphatic rings. The summed E-state index contributed by atoms with van der Waals surface area (Å²) in [6, 6.07) is 3.24. The summed E-state index contributed by atoms with van der Waals surface area (Å²) in [5, 5.41) is 0. The molecule has 0 unspecified atom stereocenters. The molecule has 0 aliphatic heterocycles. The molecule has 0 amide bonds. The highest BCUT2D eigenvalue weighted by Gasteiger charge is 2.11. The average molecular weight is 274 g/mol. The quantitative estimate of drug-likeness (QED) is 0.737. The van der Waals surface area contributed by atoms with Gasteiger partial charge in [0.1, 0.15) is 5.82 Å². The number of halogens is 3. The predicted molar refractivity (Wildman–Crippen MR) is 47.1 cm³/mol. The fraction of sp³-hybridized carbons (Fsp3) is 0. The average Bonchev–Trinajstić information content (AvgIpc) is 1.92. The van der Waals surface area contributed by atoms with E-state index in [-0.39, 0.29) is 9.37 Å². The lowest BCUT2D eigenvalue weighted by Crippen LogP contribution is -1.90. The van der Waals surface area contributed by atoms with E-state index >= 15 is 0 Å². The van der Waals surface area contributed by atoms with Crippen LogP contribution in [0.3, 0.4) is 0 Å². The van der Waals surface area contributed by atoms with Crippen molar-refractivity contribution in [2.45, 2.75) is 4.90 Å². The smallest absolute Gasteiger partial charge is 0.207 e. The second kappa shape index (κ2) is 3.32. The summed E-state index contributed by atoms with van der Waals surface area (Å²) < 4.78 is 34.1. The maximum absolute atomic E-state index is 12.6. The highest BCUT2D eigenvalue weighted by Crippen LogP contribution is 2.22.